The van der Waals surface area contributed by atoms with Crippen LogP contribution in [-0.2, 0) is 22.4 Å². The van der Waals surface area contributed by atoms with Gasteiger partial charge in [-0.2, -0.15) is 0 Å². The van der Waals surface area contributed by atoms with Gasteiger partial charge in [0.15, 0.2) is 0 Å². The zero-order valence-electron chi connectivity index (χ0n) is 13.3. The van der Waals surface area contributed by atoms with Gasteiger partial charge in [-0.3, -0.25) is 14.8 Å². The second-order valence-electron chi connectivity index (χ2n) is 6.42. The molecule has 3 rings (SSSR count). The van der Waals surface area contributed by atoms with Gasteiger partial charge in [0.1, 0.15) is 0 Å². The minimum absolute atomic E-state index is 0.234. The molecule has 2 aliphatic rings. The van der Waals surface area contributed by atoms with Crippen molar-refractivity contribution in [1.82, 2.24) is 10.4 Å². The van der Waals surface area contributed by atoms with Crippen LogP contribution < -0.4 is 5.48 Å². The van der Waals surface area contributed by atoms with Crippen molar-refractivity contribution in [1.29, 1.82) is 0 Å². The zero-order chi connectivity index (χ0) is 16.4. The fourth-order valence-corrected chi connectivity index (χ4v) is 3.77. The van der Waals surface area contributed by atoms with Crippen LogP contribution in [0.2, 0.25) is 0 Å². The normalized spacial score (nSPS) is 23.2. The first-order valence-electron chi connectivity index (χ1n) is 7.94. The Morgan fingerprint density at radius 3 is 2.96 bits per heavy atom. The molecule has 1 fully saturated rings. The Balaban J connectivity index is 1.78. The number of methoxy groups -OCH3 is 1. The van der Waals surface area contributed by atoms with E-state index in [-0.39, 0.29) is 11.3 Å². The Labute approximate surface area is 135 Å². The summed E-state index contributed by atoms with van der Waals surface area (Å²) in [6.07, 6.45) is 3.21. The quantitative estimate of drug-likeness (QED) is 0.645. The van der Waals surface area contributed by atoms with Crippen LogP contribution in [0.3, 0.4) is 0 Å². The highest BCUT2D eigenvalue weighted by Crippen LogP contribution is 2.43. The largest absolute Gasteiger partial charge is 0.383 e. The number of fused-ring (bicyclic) bond motifs is 1. The van der Waals surface area contributed by atoms with Gasteiger partial charge >= 0.3 is 0 Å². The molecular formula is C17H22N2O4. The molecule has 1 aromatic rings. The fraction of sp³-hybridized carbons (Fsp3) is 0.529. The van der Waals surface area contributed by atoms with E-state index in [1.54, 1.807) is 18.7 Å². The molecule has 0 aromatic heterocycles. The average molecular weight is 318 g/mol. The van der Waals surface area contributed by atoms with E-state index in [4.69, 9.17) is 9.94 Å². The molecule has 0 unspecified atom stereocenters. The van der Waals surface area contributed by atoms with E-state index >= 15 is 0 Å². The summed E-state index contributed by atoms with van der Waals surface area (Å²) >= 11 is 0. The summed E-state index contributed by atoms with van der Waals surface area (Å²) in [6.45, 7) is 2.01. The van der Waals surface area contributed by atoms with Crippen LogP contribution >= 0.6 is 0 Å². The number of benzene rings is 1. The SMILES string of the molecule is COCCN1CC[C@]2(CCc3cc(C(=O)NO)ccc3C2)C1=O. The monoisotopic (exact) mass is 318 g/mol. The third-order valence-corrected chi connectivity index (χ3v) is 5.14. The van der Waals surface area contributed by atoms with E-state index < -0.39 is 5.91 Å². The highest BCUT2D eigenvalue weighted by atomic mass is 16.5. The summed E-state index contributed by atoms with van der Waals surface area (Å²) < 4.78 is 5.08. The number of rotatable bonds is 4. The van der Waals surface area contributed by atoms with Crippen molar-refractivity contribution in [3.05, 3.63) is 34.9 Å². The summed E-state index contributed by atoms with van der Waals surface area (Å²) in [4.78, 5) is 26.2. The molecule has 1 aliphatic heterocycles. The molecule has 124 valence electrons. The Morgan fingerprint density at radius 1 is 1.39 bits per heavy atom. The number of hydrogen-bond acceptors (Lipinski definition) is 4. The number of nitrogens with one attached hydrogen (secondary N) is 1. The van der Waals surface area contributed by atoms with Crippen LogP contribution in [0.25, 0.3) is 0 Å². The number of hydrogen-bond donors (Lipinski definition) is 2. The van der Waals surface area contributed by atoms with E-state index in [9.17, 15) is 9.59 Å². The van der Waals surface area contributed by atoms with Gasteiger partial charge in [-0.1, -0.05) is 6.07 Å². The van der Waals surface area contributed by atoms with Gasteiger partial charge in [-0.05, 0) is 48.9 Å². The van der Waals surface area contributed by atoms with Crippen molar-refractivity contribution in [2.75, 3.05) is 26.8 Å². The lowest BCUT2D eigenvalue weighted by Gasteiger charge is -2.33. The second kappa shape index (κ2) is 6.29. The molecule has 1 aliphatic carbocycles. The molecule has 1 aromatic carbocycles. The number of hydroxylamine groups is 1. The van der Waals surface area contributed by atoms with E-state index in [1.165, 1.54) is 0 Å². The Morgan fingerprint density at radius 2 is 2.22 bits per heavy atom. The first-order valence-corrected chi connectivity index (χ1v) is 7.94. The summed E-state index contributed by atoms with van der Waals surface area (Å²) in [5.74, 6) is -0.270. The predicted octanol–water partition coefficient (Wildman–Crippen LogP) is 1.16. The first-order chi connectivity index (χ1) is 11.1. The van der Waals surface area contributed by atoms with Crippen molar-refractivity contribution < 1.29 is 19.5 Å². The highest BCUT2D eigenvalue weighted by molar-refractivity contribution is 5.93. The van der Waals surface area contributed by atoms with Crippen molar-refractivity contribution >= 4 is 11.8 Å². The van der Waals surface area contributed by atoms with E-state index in [0.29, 0.717) is 18.7 Å². The molecule has 1 heterocycles. The minimum Gasteiger partial charge on any atom is -0.383 e. The third-order valence-electron chi connectivity index (χ3n) is 5.14. The molecule has 1 saturated heterocycles. The third kappa shape index (κ3) is 2.84. The number of carbonyl (C=O) groups is 2. The number of likely N-dealkylation sites (tertiary alicyclic amines) is 1. The molecule has 0 radical (unpaired) electrons. The van der Waals surface area contributed by atoms with Crippen LogP contribution in [0.15, 0.2) is 18.2 Å². The van der Waals surface area contributed by atoms with Gasteiger partial charge in [-0.15, -0.1) is 0 Å². The molecule has 0 bridgehead atoms. The molecule has 2 N–H and O–H groups in total. The van der Waals surface area contributed by atoms with E-state index in [0.717, 1.165) is 43.4 Å². The van der Waals surface area contributed by atoms with Crippen LogP contribution in [-0.4, -0.2) is 48.7 Å². The minimum atomic E-state index is -0.504. The second-order valence-corrected chi connectivity index (χ2v) is 6.42. The maximum atomic E-state index is 12.8. The lowest BCUT2D eigenvalue weighted by molar-refractivity contribution is -0.137. The molecule has 6 heteroatoms. The predicted molar refractivity (Wildman–Crippen MR) is 83.2 cm³/mol. The zero-order valence-corrected chi connectivity index (χ0v) is 13.3. The average Bonchev–Trinajstić information content (AvgIpc) is 2.88. The summed E-state index contributed by atoms with van der Waals surface area (Å²) in [5.41, 5.74) is 4.04. The van der Waals surface area contributed by atoms with Crippen molar-refractivity contribution in [3.8, 4) is 0 Å². The molecular weight excluding hydrogens is 296 g/mol. The fourth-order valence-electron chi connectivity index (χ4n) is 3.77. The van der Waals surface area contributed by atoms with Crippen LogP contribution in [0.1, 0.15) is 34.3 Å². The molecule has 23 heavy (non-hydrogen) atoms. The van der Waals surface area contributed by atoms with E-state index in [1.807, 2.05) is 17.0 Å². The Bertz CT molecular complexity index is 631. The maximum absolute atomic E-state index is 12.8. The molecule has 2 amide bonds. The number of amides is 2. The summed E-state index contributed by atoms with van der Waals surface area (Å²) in [7, 11) is 1.65. The topological polar surface area (TPSA) is 78.9 Å². The molecule has 1 spiro atoms. The summed E-state index contributed by atoms with van der Waals surface area (Å²) in [6, 6.07) is 5.42. The van der Waals surface area contributed by atoms with Crippen molar-refractivity contribution in [2.24, 2.45) is 5.41 Å². The number of carbonyl (C=O) groups excluding carboxylic acids is 2. The number of aryl methyl sites for hydroxylation is 1. The molecule has 0 saturated carbocycles. The first kappa shape index (κ1) is 16.0. The molecule has 1 atom stereocenters. The number of nitrogens with zero attached hydrogens (tertiary/aromatic N) is 1. The van der Waals surface area contributed by atoms with Gasteiger partial charge in [0, 0.05) is 25.8 Å². The molecule has 6 nitrogen and oxygen atoms in total. The van der Waals surface area contributed by atoms with Crippen molar-refractivity contribution in [3.63, 3.8) is 0 Å². The van der Waals surface area contributed by atoms with Gasteiger partial charge in [0.05, 0.1) is 12.0 Å². The summed E-state index contributed by atoms with van der Waals surface area (Å²) in [5, 5.41) is 8.73. The standard InChI is InChI=1S/C17H22N2O4/c1-23-9-8-19-7-6-17(16(19)21)5-4-12-10-13(15(20)18-22)2-3-14(12)11-17/h2-3,10,22H,4-9,11H2,1H3,(H,18,20)/t17-/m0/s1. The van der Waals surface area contributed by atoms with Gasteiger partial charge in [0.2, 0.25) is 5.91 Å². The Hall–Kier alpha value is -1.92. The van der Waals surface area contributed by atoms with Crippen molar-refractivity contribution in [2.45, 2.75) is 25.7 Å². The van der Waals surface area contributed by atoms with Gasteiger partial charge in [-0.25, -0.2) is 5.48 Å². The van der Waals surface area contributed by atoms with Gasteiger partial charge in [0.25, 0.3) is 5.91 Å². The van der Waals surface area contributed by atoms with Crippen LogP contribution in [0.4, 0.5) is 0 Å². The van der Waals surface area contributed by atoms with Crippen LogP contribution in [0.5, 0.6) is 0 Å². The van der Waals surface area contributed by atoms with Crippen LogP contribution in [0, 0.1) is 5.41 Å². The van der Waals surface area contributed by atoms with Gasteiger partial charge < -0.3 is 9.64 Å². The lowest BCUT2D eigenvalue weighted by atomic mass is 9.70. The Kier molecular flexibility index (Phi) is 4.37. The van der Waals surface area contributed by atoms with E-state index in [2.05, 4.69) is 0 Å². The maximum Gasteiger partial charge on any atom is 0.274 e. The smallest absolute Gasteiger partial charge is 0.274 e. The number of ether oxygens (including phenoxy) is 1. The highest BCUT2D eigenvalue weighted by Gasteiger charge is 2.47. The lowest BCUT2D eigenvalue weighted by Crippen LogP contribution is -2.39.